The molecule has 0 aliphatic heterocycles. The van der Waals surface area contributed by atoms with Crippen molar-refractivity contribution in [2.45, 2.75) is 6.18 Å². The molecule has 0 unspecified atom stereocenters. The van der Waals surface area contributed by atoms with Gasteiger partial charge in [0.05, 0.1) is 6.54 Å². The molecule has 0 aromatic heterocycles. The van der Waals surface area contributed by atoms with E-state index in [0.717, 1.165) is 4.90 Å². The van der Waals surface area contributed by atoms with E-state index in [1.54, 1.807) is 24.3 Å². The Morgan fingerprint density at radius 2 is 2.06 bits per heavy atom. The minimum Gasteiger partial charge on any atom is -0.492 e. The number of hydrogen-bond donors (Lipinski definition) is 1. The maximum atomic E-state index is 12.0. The second-order valence-corrected chi connectivity index (χ2v) is 3.77. The van der Waals surface area contributed by atoms with Gasteiger partial charge in [-0.05, 0) is 19.2 Å². The van der Waals surface area contributed by atoms with E-state index in [2.05, 4.69) is 0 Å². The number of rotatable bonds is 5. The maximum Gasteiger partial charge on any atom is 0.401 e. The van der Waals surface area contributed by atoms with Gasteiger partial charge >= 0.3 is 6.18 Å². The van der Waals surface area contributed by atoms with Crippen LogP contribution in [0.1, 0.15) is 0 Å². The van der Waals surface area contributed by atoms with Gasteiger partial charge in [0.15, 0.2) is 0 Å². The van der Waals surface area contributed by atoms with Crippen molar-refractivity contribution in [3.8, 4) is 5.75 Å². The Morgan fingerprint density at radius 1 is 1.35 bits per heavy atom. The number of likely N-dealkylation sites (N-methyl/N-ethyl adjacent to an activating group) is 1. The Kier molecular flexibility index (Phi) is 4.62. The zero-order valence-corrected chi connectivity index (χ0v) is 9.50. The molecule has 6 heteroatoms. The number of nitrogen functional groups attached to an aromatic ring is 1. The molecule has 0 fully saturated rings. The van der Waals surface area contributed by atoms with E-state index in [1.165, 1.54) is 7.05 Å². The summed E-state index contributed by atoms with van der Waals surface area (Å²) in [6.07, 6.45) is -4.17. The highest BCUT2D eigenvalue weighted by molar-refractivity contribution is 5.43. The second kappa shape index (κ2) is 5.77. The fraction of sp³-hybridized carbons (Fsp3) is 0.455. The van der Waals surface area contributed by atoms with Crippen molar-refractivity contribution in [3.05, 3.63) is 24.3 Å². The Balaban J connectivity index is 2.28. The first-order chi connectivity index (χ1) is 7.87. The number of halogens is 3. The molecule has 17 heavy (non-hydrogen) atoms. The van der Waals surface area contributed by atoms with E-state index >= 15 is 0 Å². The number of nitrogens with zero attached hydrogens (tertiary/aromatic N) is 1. The van der Waals surface area contributed by atoms with Crippen molar-refractivity contribution in [3.63, 3.8) is 0 Å². The van der Waals surface area contributed by atoms with Crippen LogP contribution in [0.2, 0.25) is 0 Å². The molecule has 1 aromatic rings. The van der Waals surface area contributed by atoms with E-state index in [-0.39, 0.29) is 13.2 Å². The first-order valence-corrected chi connectivity index (χ1v) is 5.10. The predicted molar refractivity (Wildman–Crippen MR) is 59.9 cm³/mol. The zero-order valence-electron chi connectivity index (χ0n) is 9.50. The summed E-state index contributed by atoms with van der Waals surface area (Å²) in [6.45, 7) is -0.544. The lowest BCUT2D eigenvalue weighted by molar-refractivity contribution is -0.143. The van der Waals surface area contributed by atoms with E-state index in [0.29, 0.717) is 11.4 Å². The summed E-state index contributed by atoms with van der Waals surface area (Å²) in [5.74, 6) is 0.561. The molecule has 2 N–H and O–H groups in total. The lowest BCUT2D eigenvalue weighted by Gasteiger charge is -2.18. The van der Waals surface area contributed by atoms with Gasteiger partial charge in [0, 0.05) is 18.3 Å². The van der Waals surface area contributed by atoms with E-state index in [1.807, 2.05) is 0 Å². The molecule has 0 saturated carbocycles. The van der Waals surface area contributed by atoms with Gasteiger partial charge in [0.25, 0.3) is 0 Å². The highest BCUT2D eigenvalue weighted by atomic mass is 19.4. The van der Waals surface area contributed by atoms with Gasteiger partial charge in [-0.1, -0.05) is 6.07 Å². The largest absolute Gasteiger partial charge is 0.492 e. The minimum absolute atomic E-state index is 0.191. The van der Waals surface area contributed by atoms with Crippen LogP contribution < -0.4 is 10.5 Å². The maximum absolute atomic E-state index is 12.0. The number of alkyl halides is 3. The van der Waals surface area contributed by atoms with Crippen LogP contribution in [0.25, 0.3) is 0 Å². The average molecular weight is 248 g/mol. The highest BCUT2D eigenvalue weighted by Crippen LogP contribution is 2.16. The molecule has 0 amide bonds. The Labute approximate surface area is 98.0 Å². The number of nitrogens with two attached hydrogens (primary N) is 1. The van der Waals surface area contributed by atoms with Crippen LogP contribution in [-0.2, 0) is 0 Å². The van der Waals surface area contributed by atoms with Gasteiger partial charge in [-0.3, -0.25) is 4.90 Å². The summed E-state index contributed by atoms with van der Waals surface area (Å²) >= 11 is 0. The first-order valence-electron chi connectivity index (χ1n) is 5.10. The quantitative estimate of drug-likeness (QED) is 0.811. The summed E-state index contributed by atoms with van der Waals surface area (Å²) in [4.78, 5) is 1.16. The SMILES string of the molecule is CN(CCOc1cccc(N)c1)CC(F)(F)F. The number of ether oxygens (including phenoxy) is 1. The molecule has 0 atom stereocenters. The number of benzene rings is 1. The van der Waals surface area contributed by atoms with Crippen molar-refractivity contribution < 1.29 is 17.9 Å². The van der Waals surface area contributed by atoms with Crippen molar-refractivity contribution >= 4 is 5.69 Å². The average Bonchev–Trinajstić information content (AvgIpc) is 2.14. The van der Waals surface area contributed by atoms with Gasteiger partial charge < -0.3 is 10.5 Å². The van der Waals surface area contributed by atoms with Crippen LogP contribution in [0.4, 0.5) is 18.9 Å². The molecule has 0 bridgehead atoms. The normalized spacial score (nSPS) is 11.8. The third kappa shape index (κ3) is 6.01. The second-order valence-electron chi connectivity index (χ2n) is 3.77. The van der Waals surface area contributed by atoms with Gasteiger partial charge in [0.1, 0.15) is 12.4 Å². The van der Waals surface area contributed by atoms with E-state index in [4.69, 9.17) is 10.5 Å². The standard InChI is InChI=1S/C11H15F3N2O/c1-16(8-11(12,13)14)5-6-17-10-4-2-3-9(15)7-10/h2-4,7H,5-6,8,15H2,1H3. The van der Waals surface area contributed by atoms with Crippen molar-refractivity contribution in [2.24, 2.45) is 0 Å². The van der Waals surface area contributed by atoms with E-state index in [9.17, 15) is 13.2 Å². The van der Waals surface area contributed by atoms with Crippen LogP contribution in [0.5, 0.6) is 5.75 Å². The van der Waals surface area contributed by atoms with Crippen LogP contribution in [0.15, 0.2) is 24.3 Å². The fourth-order valence-corrected chi connectivity index (χ4v) is 1.31. The Morgan fingerprint density at radius 3 is 2.65 bits per heavy atom. The smallest absolute Gasteiger partial charge is 0.401 e. The molecule has 0 spiro atoms. The summed E-state index contributed by atoms with van der Waals surface area (Å²) in [5, 5.41) is 0. The predicted octanol–water partition coefficient (Wildman–Crippen LogP) is 2.14. The molecule has 0 aliphatic rings. The van der Waals surface area contributed by atoms with Gasteiger partial charge in [-0.15, -0.1) is 0 Å². The minimum atomic E-state index is -4.17. The fourth-order valence-electron chi connectivity index (χ4n) is 1.31. The summed E-state index contributed by atoms with van der Waals surface area (Å²) < 4.78 is 41.3. The molecule has 96 valence electrons. The molecule has 0 radical (unpaired) electrons. The monoisotopic (exact) mass is 248 g/mol. The summed E-state index contributed by atoms with van der Waals surface area (Å²) in [7, 11) is 1.40. The highest BCUT2D eigenvalue weighted by Gasteiger charge is 2.28. The number of hydrogen-bond acceptors (Lipinski definition) is 3. The third-order valence-corrected chi connectivity index (χ3v) is 2.05. The topological polar surface area (TPSA) is 38.5 Å². The Hall–Kier alpha value is -1.43. The van der Waals surface area contributed by atoms with Gasteiger partial charge in [0.2, 0.25) is 0 Å². The molecule has 1 rings (SSSR count). The van der Waals surface area contributed by atoms with Crippen molar-refractivity contribution in [1.82, 2.24) is 4.90 Å². The van der Waals surface area contributed by atoms with Crippen LogP contribution in [-0.4, -0.2) is 37.8 Å². The third-order valence-electron chi connectivity index (χ3n) is 2.05. The van der Waals surface area contributed by atoms with Crippen molar-refractivity contribution in [1.29, 1.82) is 0 Å². The molecular weight excluding hydrogens is 233 g/mol. The molecule has 0 saturated heterocycles. The lowest BCUT2D eigenvalue weighted by atomic mass is 10.3. The molecule has 0 aliphatic carbocycles. The summed E-state index contributed by atoms with van der Waals surface area (Å²) in [5.41, 5.74) is 6.10. The lowest BCUT2D eigenvalue weighted by Crippen LogP contribution is -2.33. The Bertz CT molecular complexity index is 355. The zero-order chi connectivity index (χ0) is 12.9. The molecule has 3 nitrogen and oxygen atoms in total. The van der Waals surface area contributed by atoms with Crippen LogP contribution in [0.3, 0.4) is 0 Å². The number of anilines is 1. The van der Waals surface area contributed by atoms with E-state index < -0.39 is 12.7 Å². The van der Waals surface area contributed by atoms with Crippen LogP contribution >= 0.6 is 0 Å². The molecule has 0 heterocycles. The summed E-state index contributed by atoms with van der Waals surface area (Å²) in [6, 6.07) is 6.77. The first kappa shape index (κ1) is 13.6. The van der Waals surface area contributed by atoms with Gasteiger partial charge in [-0.25, -0.2) is 0 Å². The van der Waals surface area contributed by atoms with Crippen molar-refractivity contribution in [2.75, 3.05) is 32.5 Å². The van der Waals surface area contributed by atoms with Gasteiger partial charge in [-0.2, -0.15) is 13.2 Å². The van der Waals surface area contributed by atoms with Crippen LogP contribution in [0, 0.1) is 0 Å². The molecule has 1 aromatic carbocycles. The molecular formula is C11H15F3N2O.